The third-order valence-electron chi connectivity index (χ3n) is 4.25. The Hall–Kier alpha value is -2.94. The van der Waals surface area contributed by atoms with E-state index in [1.165, 1.54) is 0 Å². The number of aromatic nitrogens is 2. The van der Waals surface area contributed by atoms with Gasteiger partial charge in [-0.05, 0) is 18.1 Å². The van der Waals surface area contributed by atoms with Crippen molar-refractivity contribution in [2.75, 3.05) is 0 Å². The fraction of sp³-hybridized carbons (Fsp3) is 0.222. The Bertz CT molecular complexity index is 1110. The first-order chi connectivity index (χ1) is 12.7. The van der Waals surface area contributed by atoms with Crippen LogP contribution < -0.4 is 5.32 Å². The molecule has 0 bridgehead atoms. The van der Waals surface area contributed by atoms with Crippen molar-refractivity contribution in [2.24, 2.45) is 5.92 Å². The Morgan fingerprint density at radius 2 is 2.04 bits per heavy atom. The van der Waals surface area contributed by atoms with Gasteiger partial charge in [0.05, 0.1) is 6.04 Å². The minimum absolute atomic E-state index is 0.0365. The average molecular weight is 391 g/mol. The van der Waals surface area contributed by atoms with E-state index in [-0.39, 0.29) is 17.4 Å². The number of benzene rings is 1. The number of fused-ring (bicyclic) bond motifs is 1. The number of pyridine rings is 1. The van der Waals surface area contributed by atoms with Gasteiger partial charge in [-0.2, -0.15) is 8.42 Å². The van der Waals surface area contributed by atoms with Crippen molar-refractivity contribution in [1.82, 2.24) is 15.3 Å². The van der Waals surface area contributed by atoms with E-state index < -0.39 is 27.1 Å². The van der Waals surface area contributed by atoms with E-state index in [0.717, 1.165) is 17.6 Å². The molecule has 3 N–H and O–H groups in total. The number of carbonyl (C=O) groups is 1. The molecule has 0 aliphatic rings. The lowest BCUT2D eigenvalue weighted by Gasteiger charge is -2.24. The summed E-state index contributed by atoms with van der Waals surface area (Å²) in [6, 6.07) is 7.41. The molecule has 1 unspecified atom stereocenters. The standard InChI is InChI=1S/C18H18FN3O4S/c1-10(2)15(13-6-5-11-4-3-7-20-16(11)17(13)23)22-18(24)14-8-12(9-21-14)27(19,25)26/h3-10,15,21,23H,1-2H3,(H,22,24). The summed E-state index contributed by atoms with van der Waals surface area (Å²) in [4.78, 5) is 18.5. The number of rotatable bonds is 5. The molecule has 3 aromatic rings. The first kappa shape index (κ1) is 18.8. The highest BCUT2D eigenvalue weighted by atomic mass is 32.3. The monoisotopic (exact) mass is 391 g/mol. The number of nitrogens with zero attached hydrogens (tertiary/aromatic N) is 1. The molecular formula is C18H18FN3O4S. The number of phenols is 1. The van der Waals surface area contributed by atoms with Crippen molar-refractivity contribution in [2.45, 2.75) is 24.8 Å². The average Bonchev–Trinajstić information content (AvgIpc) is 3.11. The molecule has 27 heavy (non-hydrogen) atoms. The number of aromatic hydroxyl groups is 1. The van der Waals surface area contributed by atoms with Crippen molar-refractivity contribution in [1.29, 1.82) is 0 Å². The molecule has 142 valence electrons. The molecule has 0 radical (unpaired) electrons. The van der Waals surface area contributed by atoms with Crippen LogP contribution >= 0.6 is 0 Å². The fourth-order valence-corrected chi connectivity index (χ4v) is 3.32. The van der Waals surface area contributed by atoms with Gasteiger partial charge in [0, 0.05) is 23.3 Å². The number of phenolic OH excluding ortho intramolecular Hbond substituents is 1. The zero-order valence-electron chi connectivity index (χ0n) is 14.6. The number of nitrogens with one attached hydrogen (secondary N) is 2. The summed E-state index contributed by atoms with van der Waals surface area (Å²) in [7, 11) is -4.90. The number of aromatic amines is 1. The van der Waals surface area contributed by atoms with Crippen LogP contribution in [0.4, 0.5) is 3.89 Å². The Kier molecular flexibility index (Phi) is 4.88. The Morgan fingerprint density at radius 3 is 2.67 bits per heavy atom. The van der Waals surface area contributed by atoms with Gasteiger partial charge in [0.15, 0.2) is 0 Å². The predicted octanol–water partition coefficient (Wildman–Crippen LogP) is 3.05. The molecule has 2 heterocycles. The molecular weight excluding hydrogens is 373 g/mol. The number of hydrogen-bond donors (Lipinski definition) is 3. The molecule has 1 aromatic carbocycles. The van der Waals surface area contributed by atoms with E-state index in [0.29, 0.717) is 11.1 Å². The lowest BCUT2D eigenvalue weighted by molar-refractivity contribution is 0.0920. The predicted molar refractivity (Wildman–Crippen MR) is 97.5 cm³/mol. The molecule has 3 rings (SSSR count). The number of carbonyl (C=O) groups excluding carboxylic acids is 1. The molecule has 0 saturated carbocycles. The van der Waals surface area contributed by atoms with Crippen LogP contribution in [-0.2, 0) is 10.2 Å². The second-order valence-corrected chi connectivity index (χ2v) is 7.81. The Morgan fingerprint density at radius 1 is 1.30 bits per heavy atom. The van der Waals surface area contributed by atoms with Gasteiger partial charge in [-0.25, -0.2) is 0 Å². The zero-order chi connectivity index (χ0) is 19.8. The smallest absolute Gasteiger partial charge is 0.333 e. The van der Waals surface area contributed by atoms with E-state index in [1.807, 2.05) is 19.9 Å². The fourth-order valence-electron chi connectivity index (χ4n) is 2.87. The molecule has 7 nitrogen and oxygen atoms in total. The van der Waals surface area contributed by atoms with Gasteiger partial charge in [0.25, 0.3) is 5.91 Å². The third kappa shape index (κ3) is 3.77. The first-order valence-electron chi connectivity index (χ1n) is 8.19. The van der Waals surface area contributed by atoms with E-state index in [2.05, 4.69) is 15.3 Å². The molecule has 1 amide bonds. The molecule has 0 aliphatic heterocycles. The van der Waals surface area contributed by atoms with Crippen molar-refractivity contribution >= 4 is 27.0 Å². The molecule has 0 fully saturated rings. The summed E-state index contributed by atoms with van der Waals surface area (Å²) < 4.78 is 34.9. The normalized spacial score (nSPS) is 13.0. The van der Waals surface area contributed by atoms with E-state index in [4.69, 9.17) is 0 Å². The largest absolute Gasteiger partial charge is 0.505 e. The van der Waals surface area contributed by atoms with Crippen LogP contribution in [0.1, 0.15) is 35.9 Å². The second kappa shape index (κ2) is 6.99. The lowest BCUT2D eigenvalue weighted by Crippen LogP contribution is -2.32. The number of hydrogen-bond acceptors (Lipinski definition) is 5. The number of amides is 1. The Labute approximate surface area is 155 Å². The van der Waals surface area contributed by atoms with Crippen molar-refractivity contribution in [3.8, 4) is 5.75 Å². The van der Waals surface area contributed by atoms with Crippen molar-refractivity contribution in [3.05, 3.63) is 54.0 Å². The van der Waals surface area contributed by atoms with Crippen LogP contribution in [0.2, 0.25) is 0 Å². The highest BCUT2D eigenvalue weighted by Gasteiger charge is 2.25. The molecule has 1 atom stereocenters. The van der Waals surface area contributed by atoms with E-state index >= 15 is 0 Å². The summed E-state index contributed by atoms with van der Waals surface area (Å²) >= 11 is 0. The van der Waals surface area contributed by atoms with E-state index in [1.54, 1.807) is 24.4 Å². The van der Waals surface area contributed by atoms with Crippen molar-refractivity contribution in [3.63, 3.8) is 0 Å². The zero-order valence-corrected chi connectivity index (χ0v) is 15.4. The maximum absolute atomic E-state index is 13.0. The molecule has 2 aromatic heterocycles. The summed E-state index contributed by atoms with van der Waals surface area (Å²) in [5, 5.41) is 14.1. The molecule has 9 heteroatoms. The summed E-state index contributed by atoms with van der Waals surface area (Å²) in [6.07, 6.45) is 2.47. The van der Waals surface area contributed by atoms with Crippen molar-refractivity contribution < 1.29 is 22.2 Å². The van der Waals surface area contributed by atoms with Gasteiger partial charge in [0.1, 0.15) is 21.9 Å². The molecule has 0 spiro atoms. The van der Waals surface area contributed by atoms with Crippen LogP contribution in [-0.4, -0.2) is 29.4 Å². The van der Waals surface area contributed by atoms with Gasteiger partial charge in [-0.15, -0.1) is 3.89 Å². The number of halogens is 1. The minimum Gasteiger partial charge on any atom is -0.505 e. The summed E-state index contributed by atoms with van der Waals surface area (Å²) in [5.41, 5.74) is 0.797. The molecule has 0 aliphatic carbocycles. The first-order valence-corrected chi connectivity index (χ1v) is 9.57. The summed E-state index contributed by atoms with van der Waals surface area (Å²) in [5.74, 6) is -0.755. The van der Waals surface area contributed by atoms with Gasteiger partial charge >= 0.3 is 10.2 Å². The van der Waals surface area contributed by atoms with Crippen LogP contribution in [0.3, 0.4) is 0 Å². The van der Waals surface area contributed by atoms with Crippen LogP contribution in [0, 0.1) is 5.92 Å². The van der Waals surface area contributed by atoms with E-state index in [9.17, 15) is 22.2 Å². The molecule has 0 saturated heterocycles. The van der Waals surface area contributed by atoms with Gasteiger partial charge in [0.2, 0.25) is 0 Å². The van der Waals surface area contributed by atoms with Crippen LogP contribution in [0.15, 0.2) is 47.6 Å². The highest BCUT2D eigenvalue weighted by Crippen LogP contribution is 2.34. The van der Waals surface area contributed by atoms with Crippen LogP contribution in [0.25, 0.3) is 10.9 Å². The van der Waals surface area contributed by atoms with Crippen LogP contribution in [0.5, 0.6) is 5.75 Å². The third-order valence-corrected chi connectivity index (χ3v) is 5.05. The quantitative estimate of drug-likeness (QED) is 0.579. The maximum Gasteiger partial charge on any atom is 0.333 e. The maximum atomic E-state index is 13.0. The minimum atomic E-state index is -4.90. The number of H-pyrrole nitrogens is 1. The SMILES string of the molecule is CC(C)C(NC(=O)c1cc(S(=O)(=O)F)c[nH]1)c1ccc2cccnc2c1O. The lowest BCUT2D eigenvalue weighted by atomic mass is 9.94. The highest BCUT2D eigenvalue weighted by molar-refractivity contribution is 7.86. The summed E-state index contributed by atoms with van der Waals surface area (Å²) in [6.45, 7) is 3.72. The van der Waals surface area contributed by atoms with Gasteiger partial charge < -0.3 is 15.4 Å². The van der Waals surface area contributed by atoms with Gasteiger partial charge in [-0.1, -0.05) is 32.0 Å². The Balaban J connectivity index is 1.94. The second-order valence-electron chi connectivity index (χ2n) is 6.46. The van der Waals surface area contributed by atoms with Gasteiger partial charge in [-0.3, -0.25) is 9.78 Å². The topological polar surface area (TPSA) is 112 Å².